The Morgan fingerprint density at radius 3 is 1.19 bits per heavy atom. The SMILES string of the molecule is CCCCC(CC)Cc1cc(C(C)C)cc2c1C13c4c5c6c7c8c9c%10c%11c%12c%13c%14c%15c(c%16c%13c%10c7c4-%16)C1(S2)C1C%15C2c4c7c%10c%13c%15c%16c%17c%18c%19c%20c%21c%22c%23c(c4c4c%22c%19c%16c%104)C2C%14C%12C%23C%21C%11C9C%20C%18C8C6C%17C%15C5C3C%13C71. The molecular formula is C77H46S. The van der Waals surface area contributed by atoms with E-state index in [0.717, 1.165) is 5.92 Å². The van der Waals surface area contributed by atoms with E-state index in [4.69, 9.17) is 0 Å². The summed E-state index contributed by atoms with van der Waals surface area (Å²) in [7, 11) is 0. The second-order valence-corrected chi connectivity index (χ2v) is 34.2. The Balaban J connectivity index is 0.938. The van der Waals surface area contributed by atoms with E-state index in [2.05, 4.69) is 102 Å². The maximum Gasteiger partial charge on any atom is 0.0645 e. The summed E-state index contributed by atoms with van der Waals surface area (Å²) in [5.41, 5.74) is 50.5. The molecule has 23 aliphatic rings. The molecule has 0 N–H and O–H groups in total. The largest absolute Gasteiger partial charge is 0.112 e. The third kappa shape index (κ3) is 2.05. The zero-order chi connectivity index (χ0) is 47.6. The third-order valence-corrected chi connectivity index (χ3v) is 34.8. The van der Waals surface area contributed by atoms with Gasteiger partial charge in [-0.25, -0.2) is 0 Å². The topological polar surface area (TPSA) is 0 Å². The lowest BCUT2D eigenvalue weighted by molar-refractivity contribution is 0.0337. The van der Waals surface area contributed by atoms with Gasteiger partial charge in [0.2, 0.25) is 0 Å². The highest BCUT2D eigenvalue weighted by molar-refractivity contribution is 8.00. The summed E-state index contributed by atoms with van der Waals surface area (Å²) in [6.07, 6.45) is 6.69. The molecule has 360 valence electrons. The summed E-state index contributed by atoms with van der Waals surface area (Å²) in [6.45, 7) is 10.1. The van der Waals surface area contributed by atoms with Crippen LogP contribution in [0.25, 0.3) is 97.3 Å². The molecule has 1 aliphatic heterocycles. The van der Waals surface area contributed by atoms with Crippen molar-refractivity contribution in [1.29, 1.82) is 0 Å². The Hall–Kier alpha value is -5.37. The van der Waals surface area contributed by atoms with Crippen LogP contribution in [0, 0.1) is 17.8 Å². The molecule has 0 amide bonds. The average Bonchev–Trinajstić information content (AvgIpc) is 1.88. The molecule has 22 aliphatic carbocycles. The molecule has 1 saturated carbocycles. The van der Waals surface area contributed by atoms with Crippen molar-refractivity contribution in [3.8, 4) is 11.1 Å². The molecule has 11 aromatic carbocycles. The Morgan fingerprint density at radius 1 is 0.385 bits per heavy atom. The number of thioether (sulfide) groups is 1. The minimum absolute atomic E-state index is 0.00837. The van der Waals surface area contributed by atoms with Gasteiger partial charge in [0.15, 0.2) is 0 Å². The monoisotopic (exact) mass is 1000 g/mol. The van der Waals surface area contributed by atoms with E-state index >= 15 is 0 Å². The molecule has 23 unspecified atom stereocenters. The number of unbranched alkanes of at least 4 members (excludes halogenated alkanes) is 1. The quantitative estimate of drug-likeness (QED) is 0.143. The van der Waals surface area contributed by atoms with E-state index in [9.17, 15) is 0 Å². The van der Waals surface area contributed by atoms with Crippen LogP contribution >= 0.6 is 11.8 Å². The van der Waals surface area contributed by atoms with Crippen molar-refractivity contribution >= 4 is 97.9 Å². The third-order valence-electron chi connectivity index (χ3n) is 33.1. The van der Waals surface area contributed by atoms with Gasteiger partial charge in [0, 0.05) is 10.3 Å². The smallest absolute Gasteiger partial charge is 0.0645 e. The van der Waals surface area contributed by atoms with Gasteiger partial charge in [0.25, 0.3) is 0 Å². The predicted octanol–water partition coefficient (Wildman–Crippen LogP) is 18.4. The molecule has 34 rings (SSSR count). The Labute approximate surface area is 451 Å². The van der Waals surface area contributed by atoms with Crippen LogP contribution in [0.1, 0.15) is 294 Å². The van der Waals surface area contributed by atoms with Crippen molar-refractivity contribution in [2.45, 2.75) is 187 Å². The Bertz CT molecular complexity index is 5700. The zero-order valence-corrected chi connectivity index (χ0v) is 44.6. The van der Waals surface area contributed by atoms with Crippen LogP contribution in [0.5, 0.6) is 0 Å². The van der Waals surface area contributed by atoms with Crippen molar-refractivity contribution < 1.29 is 0 Å². The molecule has 0 aromatic heterocycles. The van der Waals surface area contributed by atoms with Gasteiger partial charge < -0.3 is 0 Å². The van der Waals surface area contributed by atoms with Gasteiger partial charge in [-0.1, -0.05) is 59.4 Å². The molecule has 11 aromatic rings. The lowest BCUT2D eigenvalue weighted by Crippen LogP contribution is -2.62. The molecule has 0 bridgehead atoms. The van der Waals surface area contributed by atoms with E-state index in [1.54, 1.807) is 5.56 Å². The summed E-state index contributed by atoms with van der Waals surface area (Å²) in [4.78, 5) is 1.81. The van der Waals surface area contributed by atoms with Crippen molar-refractivity contribution in [3.63, 3.8) is 0 Å². The fourth-order valence-corrected chi connectivity index (χ4v) is 36.0. The van der Waals surface area contributed by atoms with Crippen LogP contribution in [0.4, 0.5) is 0 Å². The molecule has 23 atom stereocenters. The molecule has 0 radical (unpaired) electrons. The van der Waals surface area contributed by atoms with Gasteiger partial charge in [0.05, 0.1) is 4.75 Å². The first-order chi connectivity index (χ1) is 38.6. The van der Waals surface area contributed by atoms with E-state index in [1.165, 1.54) is 32.1 Å². The molecule has 1 heterocycles. The van der Waals surface area contributed by atoms with Crippen LogP contribution in [0.15, 0.2) is 17.0 Å². The molecule has 2 spiro atoms. The number of hydrogen-bond donors (Lipinski definition) is 0. The van der Waals surface area contributed by atoms with Crippen LogP contribution in [0.2, 0.25) is 0 Å². The highest BCUT2D eigenvalue weighted by atomic mass is 32.2. The van der Waals surface area contributed by atoms with E-state index in [-0.39, 0.29) is 10.2 Å². The fraction of sp³-hybridized carbons (Fsp3) is 0.429. The number of benzene rings is 10. The molecular weight excluding hydrogens is 957 g/mol. The maximum absolute atomic E-state index is 2.95. The van der Waals surface area contributed by atoms with Gasteiger partial charge in [-0.15, -0.1) is 11.8 Å². The molecule has 78 heavy (non-hydrogen) atoms. The minimum Gasteiger partial charge on any atom is -0.112 e. The number of fused-ring (bicyclic) bond motifs is 1. The standard InChI is InChI=1S/C77H46S/c1-5-7-8-13(6-2)9-15-10-14(12(3)4)11-16-71(15)76-72-63-55-45-35-27-19-17-18-21-25-23(19)31-39-33(25)43-37-29(21)30-22(18)26-24-20(17)28(27)36-42-32(24)40-34(26)44-38(30)48-47(37)59-53(43)61-51(39)57(49(55)41(31)35)65(72)67(61)74-69(59)70-60(48)54(44)62-52(40)58-50(42)56(46(36)45)64(63)73(76)66(58)68(62)75(70)77(74,76)78-16/h10-13,19,21,23,25,27,29,35,37,45-48,56,60,64,66,68,70,73,75H,5-9H2,1-4H3. The lowest BCUT2D eigenvalue weighted by atomic mass is 9.39. The highest BCUT2D eigenvalue weighted by Gasteiger charge is 2.90. The van der Waals surface area contributed by atoms with Crippen LogP contribution in [0.3, 0.4) is 0 Å². The van der Waals surface area contributed by atoms with Gasteiger partial charge in [0.1, 0.15) is 0 Å². The van der Waals surface area contributed by atoms with Crippen molar-refractivity contribution in [1.82, 2.24) is 0 Å². The lowest BCUT2D eigenvalue weighted by Gasteiger charge is -2.65. The van der Waals surface area contributed by atoms with E-state index in [0.29, 0.717) is 124 Å². The normalized spacial score (nSPS) is 44.8. The fourth-order valence-electron chi connectivity index (χ4n) is 33.8. The summed E-state index contributed by atoms with van der Waals surface area (Å²) in [6, 6.07) is 5.88. The Morgan fingerprint density at radius 2 is 0.744 bits per heavy atom. The minimum atomic E-state index is 0.00837. The second-order valence-electron chi connectivity index (χ2n) is 32.9. The van der Waals surface area contributed by atoms with Crippen LogP contribution in [-0.2, 0) is 16.6 Å². The van der Waals surface area contributed by atoms with E-state index in [1.807, 2.05) is 175 Å². The number of rotatable bonds is 7. The summed E-state index contributed by atoms with van der Waals surface area (Å²) >= 11 is 2.66. The first-order valence-corrected chi connectivity index (χ1v) is 33.5. The highest BCUT2D eigenvalue weighted by Crippen LogP contribution is 3.01. The second kappa shape index (κ2) is 8.37. The number of hydrogen-bond acceptors (Lipinski definition) is 1. The van der Waals surface area contributed by atoms with Crippen LogP contribution < -0.4 is 0 Å². The Kier molecular flexibility index (Phi) is 3.65. The van der Waals surface area contributed by atoms with Crippen molar-refractivity contribution in [2.75, 3.05) is 0 Å². The molecule has 1 fully saturated rings. The molecule has 0 nitrogen and oxygen atoms in total. The molecule has 0 saturated heterocycles. The van der Waals surface area contributed by atoms with Gasteiger partial charge in [-0.2, -0.15) is 0 Å². The molecule has 1 heteroatoms. The summed E-state index contributed by atoms with van der Waals surface area (Å²) < 4.78 is 0.0400. The summed E-state index contributed by atoms with van der Waals surface area (Å²) in [5, 5.41) is 31.0. The first-order valence-electron chi connectivity index (χ1n) is 32.7. The maximum atomic E-state index is 2.95. The van der Waals surface area contributed by atoms with Gasteiger partial charge in [-0.05, 0) is 368 Å². The predicted molar refractivity (Wildman–Crippen MR) is 308 cm³/mol. The van der Waals surface area contributed by atoms with Crippen molar-refractivity contribution in [3.05, 3.63) is 140 Å². The summed E-state index contributed by atoms with van der Waals surface area (Å²) in [5.74, 6) is 14.5. The van der Waals surface area contributed by atoms with Crippen LogP contribution in [-0.4, -0.2) is 0 Å². The van der Waals surface area contributed by atoms with Crippen molar-refractivity contribution in [2.24, 2.45) is 17.8 Å². The van der Waals surface area contributed by atoms with Gasteiger partial charge >= 0.3 is 0 Å². The average molecular weight is 1000 g/mol. The van der Waals surface area contributed by atoms with Gasteiger partial charge in [-0.3, -0.25) is 0 Å². The zero-order valence-electron chi connectivity index (χ0n) is 43.8. The van der Waals surface area contributed by atoms with E-state index < -0.39 is 0 Å². The first kappa shape index (κ1) is 34.0.